The molecule has 1 aliphatic heterocycles. The Kier molecular flexibility index (Phi) is 5.08. The van der Waals surface area contributed by atoms with Gasteiger partial charge in [0.25, 0.3) is 0 Å². The van der Waals surface area contributed by atoms with E-state index in [1.165, 1.54) is 0 Å². The molecule has 5 rings (SSSR count). The van der Waals surface area contributed by atoms with Crippen LogP contribution in [-0.4, -0.2) is 53.2 Å². The average Bonchev–Trinajstić information content (AvgIpc) is 3.24. The molecule has 2 aliphatic rings. The number of ether oxygens (including phenoxy) is 1. The minimum Gasteiger partial charge on any atom is -0.378 e. The maximum absolute atomic E-state index is 12.8. The largest absolute Gasteiger partial charge is 0.378 e. The van der Waals surface area contributed by atoms with Crippen molar-refractivity contribution in [3.63, 3.8) is 0 Å². The Morgan fingerprint density at radius 1 is 1.03 bits per heavy atom. The molecule has 156 valence electrons. The number of hydrogen-bond acceptors (Lipinski definition) is 4. The summed E-state index contributed by atoms with van der Waals surface area (Å²) in [7, 11) is 0. The first-order valence-electron chi connectivity index (χ1n) is 10.1. The van der Waals surface area contributed by atoms with E-state index in [4.69, 9.17) is 4.74 Å². The molecule has 0 N–H and O–H groups in total. The van der Waals surface area contributed by atoms with Crippen molar-refractivity contribution in [1.29, 1.82) is 0 Å². The second-order valence-electron chi connectivity index (χ2n) is 7.63. The Labute approximate surface area is 187 Å². The minimum absolute atomic E-state index is 0.0164. The molecular formula is C24H19BrN2O4. The van der Waals surface area contributed by atoms with Crippen LogP contribution in [0.3, 0.4) is 0 Å². The quantitative estimate of drug-likeness (QED) is 0.424. The van der Waals surface area contributed by atoms with Crippen molar-refractivity contribution in [2.45, 2.75) is 6.54 Å². The summed E-state index contributed by atoms with van der Waals surface area (Å²) in [6, 6.07) is 12.7. The van der Waals surface area contributed by atoms with Gasteiger partial charge in [-0.3, -0.25) is 14.4 Å². The summed E-state index contributed by atoms with van der Waals surface area (Å²) in [4.78, 5) is 40.3. The number of carbonyl (C=O) groups is 3. The van der Waals surface area contributed by atoms with Gasteiger partial charge in [0, 0.05) is 51.4 Å². The van der Waals surface area contributed by atoms with Crippen molar-refractivity contribution in [2.24, 2.45) is 0 Å². The highest BCUT2D eigenvalue weighted by Crippen LogP contribution is 2.31. The third kappa shape index (κ3) is 3.54. The molecule has 1 amide bonds. The third-order valence-electron chi connectivity index (χ3n) is 5.75. The first kappa shape index (κ1) is 19.9. The van der Waals surface area contributed by atoms with Gasteiger partial charge in [0.05, 0.1) is 18.8 Å². The van der Waals surface area contributed by atoms with Crippen LogP contribution in [0.1, 0.15) is 26.3 Å². The number of Topliss-reactive ketones (excluding diaryl/α,β-unsaturated/α-hetero) is 2. The lowest BCUT2D eigenvalue weighted by Crippen LogP contribution is -2.42. The van der Waals surface area contributed by atoms with Crippen molar-refractivity contribution < 1.29 is 19.1 Å². The molecule has 1 aliphatic carbocycles. The molecule has 3 aromatic rings. The maximum atomic E-state index is 12.8. The zero-order valence-electron chi connectivity index (χ0n) is 16.6. The Morgan fingerprint density at radius 2 is 1.71 bits per heavy atom. The van der Waals surface area contributed by atoms with Crippen LogP contribution in [0.25, 0.3) is 17.0 Å². The maximum Gasteiger partial charge on any atom is 0.242 e. The van der Waals surface area contributed by atoms with Gasteiger partial charge in [-0.2, -0.15) is 0 Å². The fourth-order valence-corrected chi connectivity index (χ4v) is 4.52. The highest BCUT2D eigenvalue weighted by atomic mass is 79.9. The molecular weight excluding hydrogens is 460 g/mol. The molecule has 2 aromatic carbocycles. The summed E-state index contributed by atoms with van der Waals surface area (Å²) in [6.45, 7) is 2.45. The lowest BCUT2D eigenvalue weighted by atomic mass is 10.1. The highest BCUT2D eigenvalue weighted by Gasteiger charge is 2.32. The fourth-order valence-electron chi connectivity index (χ4n) is 4.16. The summed E-state index contributed by atoms with van der Waals surface area (Å²) in [5.74, 6) is -0.510. The lowest BCUT2D eigenvalue weighted by molar-refractivity contribution is -0.135. The average molecular weight is 479 g/mol. The number of nitrogens with zero attached hydrogens (tertiary/aromatic N) is 2. The van der Waals surface area contributed by atoms with Crippen molar-refractivity contribution in [3.8, 4) is 0 Å². The fraction of sp³-hybridized carbons (Fsp3) is 0.208. The number of benzene rings is 2. The lowest BCUT2D eigenvalue weighted by Gasteiger charge is -2.27. The third-order valence-corrected chi connectivity index (χ3v) is 6.24. The number of morpholine rings is 1. The van der Waals surface area contributed by atoms with Gasteiger partial charge in [-0.1, -0.05) is 40.2 Å². The summed E-state index contributed by atoms with van der Waals surface area (Å²) >= 11 is 3.50. The van der Waals surface area contributed by atoms with E-state index in [2.05, 4.69) is 15.9 Å². The van der Waals surface area contributed by atoms with Crippen molar-refractivity contribution in [1.82, 2.24) is 9.47 Å². The van der Waals surface area contributed by atoms with E-state index in [1.54, 1.807) is 35.2 Å². The number of fused-ring (bicyclic) bond motifs is 2. The molecule has 1 aromatic heterocycles. The molecule has 0 radical (unpaired) electrons. The van der Waals surface area contributed by atoms with Gasteiger partial charge in [0.2, 0.25) is 5.91 Å². The standard InChI is InChI=1S/C24H19BrN2O4/c25-16-5-6-21-19(12-16)15(13-27(21)14-22(28)26-7-9-31-10-8-26)11-20-23(29)17-3-1-2-4-18(17)24(20)30/h1-6,11-13H,7-10,14H2. The normalized spacial score (nSPS) is 16.2. The Bertz CT molecular complexity index is 1230. The predicted molar refractivity (Wildman–Crippen MR) is 120 cm³/mol. The van der Waals surface area contributed by atoms with Gasteiger partial charge in [-0.25, -0.2) is 0 Å². The number of halogens is 1. The number of aromatic nitrogens is 1. The van der Waals surface area contributed by atoms with Crippen LogP contribution in [-0.2, 0) is 16.1 Å². The predicted octanol–water partition coefficient (Wildman–Crippen LogP) is 3.73. The number of allylic oxidation sites excluding steroid dienone is 1. The Balaban J connectivity index is 1.55. The van der Waals surface area contributed by atoms with Crippen molar-refractivity contribution in [3.05, 3.63) is 75.4 Å². The summed E-state index contributed by atoms with van der Waals surface area (Å²) in [5.41, 5.74) is 2.62. The van der Waals surface area contributed by atoms with Gasteiger partial charge >= 0.3 is 0 Å². The summed E-state index contributed by atoms with van der Waals surface area (Å²) in [6.07, 6.45) is 3.49. The molecule has 31 heavy (non-hydrogen) atoms. The zero-order valence-corrected chi connectivity index (χ0v) is 18.2. The molecule has 1 saturated heterocycles. The van der Waals surface area contributed by atoms with E-state index >= 15 is 0 Å². The molecule has 1 fully saturated rings. The molecule has 2 heterocycles. The van der Waals surface area contributed by atoms with Gasteiger partial charge in [0.15, 0.2) is 11.6 Å². The van der Waals surface area contributed by atoms with Crippen LogP contribution in [0.5, 0.6) is 0 Å². The smallest absolute Gasteiger partial charge is 0.242 e. The molecule has 6 nitrogen and oxygen atoms in total. The van der Waals surface area contributed by atoms with Crippen LogP contribution in [0.4, 0.5) is 0 Å². The number of ketones is 2. The molecule has 0 unspecified atom stereocenters. The number of hydrogen-bond donors (Lipinski definition) is 0. The van der Waals surface area contributed by atoms with Crippen LogP contribution in [0.15, 0.2) is 58.7 Å². The summed E-state index contributed by atoms with van der Waals surface area (Å²) < 4.78 is 8.09. The highest BCUT2D eigenvalue weighted by molar-refractivity contribution is 9.10. The summed E-state index contributed by atoms with van der Waals surface area (Å²) in [5, 5.41) is 0.869. The zero-order chi connectivity index (χ0) is 21.5. The molecule has 0 spiro atoms. The minimum atomic E-state index is -0.263. The Morgan fingerprint density at radius 3 is 2.39 bits per heavy atom. The number of carbonyl (C=O) groups excluding carboxylic acids is 3. The van der Waals surface area contributed by atoms with Crippen LogP contribution in [0.2, 0.25) is 0 Å². The van der Waals surface area contributed by atoms with Gasteiger partial charge in [-0.05, 0) is 24.3 Å². The monoisotopic (exact) mass is 478 g/mol. The first-order chi connectivity index (χ1) is 15.0. The van der Waals surface area contributed by atoms with Crippen LogP contribution in [0, 0.1) is 0 Å². The molecule has 0 saturated carbocycles. The topological polar surface area (TPSA) is 68.6 Å². The van der Waals surface area contributed by atoms with E-state index in [9.17, 15) is 14.4 Å². The second kappa shape index (κ2) is 7.90. The molecule has 0 atom stereocenters. The second-order valence-corrected chi connectivity index (χ2v) is 8.54. The number of amides is 1. The van der Waals surface area contributed by atoms with Crippen LogP contribution < -0.4 is 0 Å². The van der Waals surface area contributed by atoms with Gasteiger partial charge < -0.3 is 14.2 Å². The van der Waals surface area contributed by atoms with E-state index in [0.29, 0.717) is 37.4 Å². The van der Waals surface area contributed by atoms with E-state index in [-0.39, 0.29) is 29.6 Å². The number of rotatable bonds is 3. The first-order valence-corrected chi connectivity index (χ1v) is 10.9. The van der Waals surface area contributed by atoms with Gasteiger partial charge in [0.1, 0.15) is 6.54 Å². The van der Waals surface area contributed by atoms with Crippen LogP contribution >= 0.6 is 15.9 Å². The van der Waals surface area contributed by atoms with E-state index < -0.39 is 0 Å². The Hall–Kier alpha value is -3.03. The molecule has 7 heteroatoms. The van der Waals surface area contributed by atoms with Gasteiger partial charge in [-0.15, -0.1) is 0 Å². The van der Waals surface area contributed by atoms with Crippen molar-refractivity contribution >= 4 is 50.4 Å². The van der Waals surface area contributed by atoms with E-state index in [1.807, 2.05) is 29.0 Å². The molecule has 0 bridgehead atoms. The van der Waals surface area contributed by atoms with E-state index in [0.717, 1.165) is 20.9 Å². The van der Waals surface area contributed by atoms with Crippen molar-refractivity contribution in [2.75, 3.05) is 26.3 Å². The SMILES string of the molecule is O=C1C(=Cc2cn(CC(=O)N3CCOCC3)c3ccc(Br)cc23)C(=O)c2ccccc21.